The zero-order valence-electron chi connectivity index (χ0n) is 22.6. The van der Waals surface area contributed by atoms with Gasteiger partial charge in [0.05, 0.1) is 18.9 Å². The molecule has 2 aromatic carbocycles. The molecule has 1 aromatic heterocycles. The van der Waals surface area contributed by atoms with Crippen LogP contribution in [0.15, 0.2) is 58.3 Å². The van der Waals surface area contributed by atoms with E-state index in [1.807, 2.05) is 18.2 Å². The molecule has 0 saturated carbocycles. The van der Waals surface area contributed by atoms with Crippen molar-refractivity contribution >= 4 is 24.5 Å². The molecule has 0 bridgehead atoms. The van der Waals surface area contributed by atoms with E-state index in [0.717, 1.165) is 12.3 Å². The van der Waals surface area contributed by atoms with Crippen LogP contribution in [0.25, 0.3) is 10.8 Å². The maximum absolute atomic E-state index is 14.0. The first-order valence-corrected chi connectivity index (χ1v) is 14.2. The summed E-state index contributed by atoms with van der Waals surface area (Å²) in [6.07, 6.45) is -4.72. The molecule has 4 N–H and O–H groups in total. The van der Waals surface area contributed by atoms with Crippen LogP contribution >= 0.6 is 7.75 Å². The number of hydrogen-bond acceptors (Lipinski definition) is 10. The average molecular weight is 596 g/mol. The van der Waals surface area contributed by atoms with Gasteiger partial charge >= 0.3 is 19.4 Å². The van der Waals surface area contributed by atoms with Crippen LogP contribution in [0.1, 0.15) is 33.9 Å². The molecule has 15 heteroatoms. The summed E-state index contributed by atoms with van der Waals surface area (Å²) < 4.78 is 50.8. The Morgan fingerprint density at radius 2 is 1.90 bits per heavy atom. The number of aromatic amines is 1. The lowest BCUT2D eigenvalue weighted by atomic mass is 9.96. The van der Waals surface area contributed by atoms with Crippen molar-refractivity contribution in [3.63, 3.8) is 0 Å². The van der Waals surface area contributed by atoms with Crippen LogP contribution in [0.5, 0.6) is 5.75 Å². The van der Waals surface area contributed by atoms with Crippen molar-refractivity contribution in [2.24, 2.45) is 0 Å². The average Bonchev–Trinajstić information content (AvgIpc) is 3.13. The van der Waals surface area contributed by atoms with Crippen molar-refractivity contribution in [3.05, 3.63) is 75.3 Å². The highest BCUT2D eigenvalue weighted by Crippen LogP contribution is 2.48. The number of rotatable bonds is 10. The Hall–Kier alpha value is -3.39. The predicted octanol–water partition coefficient (Wildman–Crippen LogP) is 1.97. The van der Waals surface area contributed by atoms with Gasteiger partial charge in [-0.2, -0.15) is 9.48 Å². The third-order valence-corrected chi connectivity index (χ3v) is 8.00. The molecule has 1 fully saturated rings. The predicted molar refractivity (Wildman–Crippen MR) is 144 cm³/mol. The van der Waals surface area contributed by atoms with Gasteiger partial charge in [0.15, 0.2) is 6.23 Å². The van der Waals surface area contributed by atoms with Crippen molar-refractivity contribution in [1.82, 2.24) is 14.6 Å². The van der Waals surface area contributed by atoms with Gasteiger partial charge in [-0.3, -0.25) is 23.7 Å². The Balaban J connectivity index is 1.61. The Morgan fingerprint density at radius 1 is 1.22 bits per heavy atom. The Kier molecular flexibility index (Phi) is 8.83. The molecular weight excluding hydrogens is 564 g/mol. The Labute approximate surface area is 233 Å². The first kappa shape index (κ1) is 30.6. The Bertz CT molecular complexity index is 1580. The summed E-state index contributed by atoms with van der Waals surface area (Å²) in [6.45, 7) is 5.15. The molecule has 4 rings (SSSR count). The molecule has 3 aromatic rings. The van der Waals surface area contributed by atoms with Gasteiger partial charge in [0.1, 0.15) is 29.6 Å². The van der Waals surface area contributed by atoms with Crippen molar-refractivity contribution < 1.29 is 42.5 Å². The minimum absolute atomic E-state index is 0.163. The largest absolute Gasteiger partial charge is 0.462 e. The van der Waals surface area contributed by atoms with Gasteiger partial charge in [-0.05, 0) is 39.1 Å². The van der Waals surface area contributed by atoms with Gasteiger partial charge in [0.2, 0.25) is 5.82 Å². The number of esters is 1. The van der Waals surface area contributed by atoms with Gasteiger partial charge in [0.25, 0.3) is 5.56 Å². The van der Waals surface area contributed by atoms with Crippen molar-refractivity contribution in [3.8, 4) is 5.75 Å². The van der Waals surface area contributed by atoms with E-state index in [9.17, 15) is 33.6 Å². The fourth-order valence-corrected chi connectivity index (χ4v) is 5.82. The van der Waals surface area contributed by atoms with Crippen LogP contribution in [-0.2, 0) is 23.4 Å². The van der Waals surface area contributed by atoms with Gasteiger partial charge in [-0.15, -0.1) is 0 Å². The normalized spacial score (nSPS) is 24.7. The van der Waals surface area contributed by atoms with Crippen LogP contribution in [0.3, 0.4) is 0 Å². The first-order chi connectivity index (χ1) is 19.2. The van der Waals surface area contributed by atoms with E-state index in [2.05, 4.69) is 5.09 Å². The first-order valence-electron chi connectivity index (χ1n) is 12.7. The quantitative estimate of drug-likeness (QED) is 0.199. The number of carbonyl (C=O) groups excluding carboxylic acids is 1. The molecule has 41 heavy (non-hydrogen) atoms. The number of ether oxygens (including phenoxy) is 2. The van der Waals surface area contributed by atoms with E-state index in [0.29, 0.717) is 16.2 Å². The molecule has 2 heterocycles. The molecule has 1 aliphatic rings. The number of aliphatic hydroxyl groups is 2. The SMILES string of the molecule is CC(C)OC(=O)C(C)NP(=O)(OCC1OC(n2cc(F)c(=O)[nH]c2=O)C(C)(O)C1O)Oc1cccc2ccccc12. The van der Waals surface area contributed by atoms with Crippen LogP contribution in [0, 0.1) is 5.82 Å². The summed E-state index contributed by atoms with van der Waals surface area (Å²) in [4.78, 5) is 37.9. The molecular formula is C26H31FN3O10P. The maximum atomic E-state index is 14.0. The standard InChI is InChI=1S/C26H31FN3O10P/c1-14(2)38-23(33)15(3)29-41(36,40-19-11-7-9-16-8-5-6-10-17(16)19)37-13-20-21(31)26(4,35)24(39-20)30-12-18(27)22(32)28-25(30)34/h5-12,14-15,20-21,24,31,35H,13H2,1-4H3,(H,29,36)(H,28,32,34). The smallest absolute Gasteiger partial charge is 0.459 e. The topological polar surface area (TPSA) is 178 Å². The molecule has 0 spiro atoms. The Morgan fingerprint density at radius 3 is 2.61 bits per heavy atom. The van der Waals surface area contributed by atoms with E-state index in [4.69, 9.17) is 18.5 Å². The number of aromatic nitrogens is 2. The van der Waals surface area contributed by atoms with Crippen LogP contribution in [-0.4, -0.2) is 62.3 Å². The van der Waals surface area contributed by atoms with E-state index in [-0.39, 0.29) is 5.75 Å². The zero-order valence-corrected chi connectivity index (χ0v) is 23.5. The molecule has 0 radical (unpaired) electrons. The van der Waals surface area contributed by atoms with Crippen molar-refractivity contribution in [2.75, 3.05) is 6.61 Å². The summed E-state index contributed by atoms with van der Waals surface area (Å²) in [6, 6.07) is 11.0. The highest BCUT2D eigenvalue weighted by Gasteiger charge is 2.54. The summed E-state index contributed by atoms with van der Waals surface area (Å²) in [7, 11) is -4.44. The molecule has 6 unspecified atom stereocenters. The third-order valence-electron chi connectivity index (χ3n) is 6.37. The van der Waals surface area contributed by atoms with Gasteiger partial charge in [-0.1, -0.05) is 36.4 Å². The van der Waals surface area contributed by atoms with Crippen LogP contribution < -0.4 is 20.9 Å². The molecule has 1 aliphatic heterocycles. The monoisotopic (exact) mass is 595 g/mol. The summed E-state index contributed by atoms with van der Waals surface area (Å²) in [5.74, 6) is -1.89. The maximum Gasteiger partial charge on any atom is 0.459 e. The van der Waals surface area contributed by atoms with E-state index in [1.165, 1.54) is 6.92 Å². The second-order valence-corrected chi connectivity index (χ2v) is 11.7. The molecule has 222 valence electrons. The number of benzene rings is 2. The molecule has 6 atom stereocenters. The third kappa shape index (κ3) is 6.58. The fourth-order valence-electron chi connectivity index (χ4n) is 4.30. The minimum atomic E-state index is -4.44. The van der Waals surface area contributed by atoms with Gasteiger partial charge < -0.3 is 24.2 Å². The summed E-state index contributed by atoms with van der Waals surface area (Å²) in [5, 5.41) is 25.6. The summed E-state index contributed by atoms with van der Waals surface area (Å²) >= 11 is 0. The van der Waals surface area contributed by atoms with Gasteiger partial charge in [0, 0.05) is 5.39 Å². The number of nitrogens with zero attached hydrogens (tertiary/aromatic N) is 1. The van der Waals surface area contributed by atoms with Crippen molar-refractivity contribution in [2.45, 2.75) is 63.9 Å². The second kappa shape index (κ2) is 11.8. The number of hydrogen-bond donors (Lipinski definition) is 4. The van der Waals surface area contributed by atoms with E-state index < -0.39 is 73.6 Å². The number of nitrogens with one attached hydrogen (secondary N) is 2. The number of fused-ring (bicyclic) bond motifs is 1. The number of aliphatic hydroxyl groups excluding tert-OH is 1. The highest BCUT2D eigenvalue weighted by molar-refractivity contribution is 7.52. The fraction of sp³-hybridized carbons (Fsp3) is 0.423. The lowest BCUT2D eigenvalue weighted by molar-refractivity contribution is -0.149. The highest BCUT2D eigenvalue weighted by atomic mass is 31.2. The minimum Gasteiger partial charge on any atom is -0.462 e. The van der Waals surface area contributed by atoms with E-state index in [1.54, 1.807) is 43.1 Å². The molecule has 0 amide bonds. The van der Waals surface area contributed by atoms with E-state index >= 15 is 0 Å². The molecule has 0 aliphatic carbocycles. The van der Waals surface area contributed by atoms with Gasteiger partial charge in [-0.25, -0.2) is 9.36 Å². The number of H-pyrrole nitrogens is 1. The second-order valence-electron chi connectivity index (χ2n) is 10.0. The lowest BCUT2D eigenvalue weighted by Gasteiger charge is -2.27. The number of halogens is 1. The number of carbonyl (C=O) groups is 1. The molecule has 13 nitrogen and oxygen atoms in total. The van der Waals surface area contributed by atoms with Crippen molar-refractivity contribution in [1.29, 1.82) is 0 Å². The zero-order chi connectivity index (χ0) is 30.1. The summed E-state index contributed by atoms with van der Waals surface area (Å²) in [5.41, 5.74) is -4.54. The molecule has 1 saturated heterocycles. The lowest BCUT2D eigenvalue weighted by Crippen LogP contribution is -2.47. The van der Waals surface area contributed by atoms with Crippen LogP contribution in [0.2, 0.25) is 0 Å². The van der Waals surface area contributed by atoms with Crippen LogP contribution in [0.4, 0.5) is 4.39 Å².